The van der Waals surface area contributed by atoms with E-state index in [4.69, 9.17) is 10.8 Å². The fourth-order valence-electron chi connectivity index (χ4n) is 1.92. The molecular formula is C12H15F2N3O. The van der Waals surface area contributed by atoms with E-state index in [1.54, 1.807) is 18.2 Å². The van der Waals surface area contributed by atoms with Crippen LogP contribution in [0.3, 0.4) is 0 Å². The third-order valence-corrected chi connectivity index (χ3v) is 2.79. The Hall–Kier alpha value is -1.69. The third-order valence-electron chi connectivity index (χ3n) is 2.79. The molecule has 3 N–H and O–H groups in total. The highest BCUT2D eigenvalue weighted by Crippen LogP contribution is 2.24. The van der Waals surface area contributed by atoms with E-state index in [0.717, 1.165) is 0 Å². The van der Waals surface area contributed by atoms with Gasteiger partial charge in [-0.1, -0.05) is 6.92 Å². The Balaban J connectivity index is 2.53. The Morgan fingerprint density at radius 1 is 1.44 bits per heavy atom. The highest BCUT2D eigenvalue weighted by Gasteiger charge is 2.30. The Morgan fingerprint density at radius 3 is 2.78 bits per heavy atom. The van der Waals surface area contributed by atoms with Crippen LogP contribution >= 0.6 is 0 Å². The molecule has 0 saturated carbocycles. The van der Waals surface area contributed by atoms with Crippen LogP contribution in [0.15, 0.2) is 18.2 Å². The van der Waals surface area contributed by atoms with Crippen LogP contribution in [-0.4, -0.2) is 27.2 Å². The molecule has 0 atom stereocenters. The molecular weight excluding hydrogens is 240 g/mol. The second-order valence-corrected chi connectivity index (χ2v) is 4.23. The fourth-order valence-corrected chi connectivity index (χ4v) is 1.92. The molecule has 98 valence electrons. The summed E-state index contributed by atoms with van der Waals surface area (Å²) in [6, 6.07) is 4.98. The van der Waals surface area contributed by atoms with Crippen molar-refractivity contribution in [3.8, 4) is 0 Å². The predicted molar refractivity (Wildman–Crippen MR) is 65.6 cm³/mol. The number of nitrogens with zero attached hydrogens (tertiary/aromatic N) is 2. The number of benzene rings is 1. The summed E-state index contributed by atoms with van der Waals surface area (Å²) in [6.45, 7) is 0.0933. The Labute approximate surface area is 103 Å². The molecule has 0 fully saturated rings. The highest BCUT2D eigenvalue weighted by atomic mass is 19.3. The van der Waals surface area contributed by atoms with Crippen molar-refractivity contribution in [1.29, 1.82) is 0 Å². The maximum Gasteiger partial charge on any atom is 0.288 e. The van der Waals surface area contributed by atoms with Gasteiger partial charge in [0.2, 0.25) is 0 Å². The van der Waals surface area contributed by atoms with Crippen molar-refractivity contribution < 1.29 is 13.9 Å². The molecule has 1 heterocycles. The van der Waals surface area contributed by atoms with Gasteiger partial charge in [0.1, 0.15) is 12.4 Å². The van der Waals surface area contributed by atoms with Gasteiger partial charge in [0.25, 0.3) is 5.92 Å². The lowest BCUT2D eigenvalue weighted by Crippen LogP contribution is -2.28. The summed E-state index contributed by atoms with van der Waals surface area (Å²) < 4.78 is 28.1. The fraction of sp³-hybridized carbons (Fsp3) is 0.417. The lowest BCUT2D eigenvalue weighted by atomic mass is 10.2. The summed E-state index contributed by atoms with van der Waals surface area (Å²) >= 11 is 0. The number of hydrogen-bond acceptors (Lipinski definition) is 3. The first kappa shape index (κ1) is 12.8. The van der Waals surface area contributed by atoms with Crippen LogP contribution in [0.1, 0.15) is 12.7 Å². The van der Waals surface area contributed by atoms with E-state index < -0.39 is 19.1 Å². The minimum Gasteiger partial charge on any atom is -0.399 e. The van der Waals surface area contributed by atoms with E-state index in [0.29, 0.717) is 29.0 Å². The normalized spacial score (nSPS) is 12.2. The molecule has 2 aromatic rings. The first-order chi connectivity index (χ1) is 8.46. The smallest absolute Gasteiger partial charge is 0.288 e. The van der Waals surface area contributed by atoms with Crippen molar-refractivity contribution in [2.45, 2.75) is 25.8 Å². The topological polar surface area (TPSA) is 64.1 Å². The van der Waals surface area contributed by atoms with E-state index in [2.05, 4.69) is 4.98 Å². The predicted octanol–water partition coefficient (Wildman–Crippen LogP) is 1.81. The van der Waals surface area contributed by atoms with Crippen LogP contribution in [0.25, 0.3) is 11.0 Å². The zero-order valence-electron chi connectivity index (χ0n) is 10.0. The van der Waals surface area contributed by atoms with E-state index >= 15 is 0 Å². The maximum atomic E-state index is 13.3. The monoisotopic (exact) mass is 255 g/mol. The van der Waals surface area contributed by atoms with Crippen LogP contribution < -0.4 is 5.73 Å². The van der Waals surface area contributed by atoms with E-state index in [1.807, 2.05) is 6.92 Å². The number of rotatable bonds is 4. The number of nitrogens with two attached hydrogens (primary N) is 1. The number of aliphatic hydroxyl groups is 1. The lowest BCUT2D eigenvalue weighted by molar-refractivity contribution is -0.0625. The van der Waals surface area contributed by atoms with Gasteiger partial charge in [-0.25, -0.2) is 13.8 Å². The van der Waals surface area contributed by atoms with E-state index in [9.17, 15) is 8.78 Å². The highest BCUT2D eigenvalue weighted by molar-refractivity contribution is 5.79. The Morgan fingerprint density at radius 2 is 2.17 bits per heavy atom. The first-order valence-electron chi connectivity index (χ1n) is 5.70. The zero-order chi connectivity index (χ0) is 13.3. The van der Waals surface area contributed by atoms with Crippen molar-refractivity contribution in [2.24, 2.45) is 0 Å². The van der Waals surface area contributed by atoms with Crippen molar-refractivity contribution in [3.05, 3.63) is 24.0 Å². The number of hydrogen-bond donors (Lipinski definition) is 2. The standard InChI is InChI=1S/C12H15F2N3O/c1-2-11-16-9-5-8(15)3-4-10(9)17(11)6-12(13,14)7-18/h3-5,18H,2,6-7,15H2,1H3. The molecule has 0 aliphatic rings. The van der Waals surface area contributed by atoms with Gasteiger partial charge < -0.3 is 15.4 Å². The summed E-state index contributed by atoms with van der Waals surface area (Å²) in [6.07, 6.45) is 0.538. The van der Waals surface area contributed by atoms with Gasteiger partial charge in [0.15, 0.2) is 0 Å². The minimum atomic E-state index is -3.15. The molecule has 6 heteroatoms. The second-order valence-electron chi connectivity index (χ2n) is 4.23. The first-order valence-corrected chi connectivity index (χ1v) is 5.70. The SMILES string of the molecule is CCc1nc2cc(N)ccc2n1CC(F)(F)CO. The average Bonchev–Trinajstić information content (AvgIpc) is 2.66. The molecule has 18 heavy (non-hydrogen) atoms. The average molecular weight is 255 g/mol. The summed E-state index contributed by atoms with van der Waals surface area (Å²) in [4.78, 5) is 4.28. The van der Waals surface area contributed by atoms with Gasteiger partial charge in [-0.05, 0) is 18.2 Å². The van der Waals surface area contributed by atoms with E-state index in [-0.39, 0.29) is 0 Å². The van der Waals surface area contributed by atoms with Crippen LogP contribution in [0, 0.1) is 0 Å². The molecule has 0 unspecified atom stereocenters. The van der Waals surface area contributed by atoms with Crippen LogP contribution in [-0.2, 0) is 13.0 Å². The molecule has 0 aliphatic carbocycles. The Bertz CT molecular complexity index is 566. The van der Waals surface area contributed by atoms with Gasteiger partial charge >= 0.3 is 0 Å². The maximum absolute atomic E-state index is 13.3. The third kappa shape index (κ3) is 2.28. The molecule has 1 aromatic carbocycles. The van der Waals surface area contributed by atoms with Crippen molar-refractivity contribution in [2.75, 3.05) is 12.3 Å². The number of halogens is 2. The lowest BCUT2D eigenvalue weighted by Gasteiger charge is -2.16. The zero-order valence-corrected chi connectivity index (χ0v) is 10.0. The van der Waals surface area contributed by atoms with Crippen molar-refractivity contribution in [1.82, 2.24) is 9.55 Å². The molecule has 0 amide bonds. The number of nitrogen functional groups attached to an aromatic ring is 1. The van der Waals surface area contributed by atoms with Crippen molar-refractivity contribution in [3.63, 3.8) is 0 Å². The number of aromatic nitrogens is 2. The second kappa shape index (κ2) is 4.53. The molecule has 4 nitrogen and oxygen atoms in total. The van der Waals surface area contributed by atoms with Crippen LogP contribution in [0.2, 0.25) is 0 Å². The van der Waals surface area contributed by atoms with Crippen molar-refractivity contribution >= 4 is 16.7 Å². The van der Waals surface area contributed by atoms with Crippen LogP contribution in [0.4, 0.5) is 14.5 Å². The minimum absolute atomic E-state index is 0.538. The number of anilines is 1. The number of imidazole rings is 1. The van der Waals surface area contributed by atoms with Gasteiger partial charge in [0, 0.05) is 12.1 Å². The molecule has 0 bridgehead atoms. The number of aryl methyl sites for hydroxylation is 1. The van der Waals surface area contributed by atoms with Crippen LogP contribution in [0.5, 0.6) is 0 Å². The molecule has 0 spiro atoms. The Kier molecular flexibility index (Phi) is 3.21. The summed E-state index contributed by atoms with van der Waals surface area (Å²) in [5, 5.41) is 8.67. The van der Waals surface area contributed by atoms with Gasteiger partial charge in [-0.2, -0.15) is 0 Å². The summed E-state index contributed by atoms with van der Waals surface area (Å²) in [7, 11) is 0. The number of alkyl halides is 2. The quantitative estimate of drug-likeness (QED) is 0.819. The van der Waals surface area contributed by atoms with Gasteiger partial charge in [-0.15, -0.1) is 0 Å². The molecule has 0 radical (unpaired) electrons. The van der Waals surface area contributed by atoms with Gasteiger partial charge in [-0.3, -0.25) is 0 Å². The van der Waals surface area contributed by atoms with Gasteiger partial charge in [0.05, 0.1) is 17.6 Å². The number of fused-ring (bicyclic) bond motifs is 1. The largest absolute Gasteiger partial charge is 0.399 e. The molecule has 0 saturated heterocycles. The summed E-state index contributed by atoms with van der Waals surface area (Å²) in [5.41, 5.74) is 7.39. The van der Waals surface area contributed by atoms with E-state index in [1.165, 1.54) is 4.57 Å². The molecule has 0 aliphatic heterocycles. The summed E-state index contributed by atoms with van der Waals surface area (Å²) in [5.74, 6) is -2.59. The number of aliphatic hydroxyl groups excluding tert-OH is 1. The molecule has 1 aromatic heterocycles. The molecule has 2 rings (SSSR count).